The van der Waals surface area contributed by atoms with E-state index in [2.05, 4.69) is 19.2 Å². The van der Waals surface area contributed by atoms with Gasteiger partial charge in [0, 0.05) is 10.7 Å². The van der Waals surface area contributed by atoms with E-state index in [1.807, 2.05) is 24.3 Å². The highest BCUT2D eigenvalue weighted by atomic mass is 35.5. The van der Waals surface area contributed by atoms with E-state index in [-0.39, 0.29) is 30.2 Å². The number of nitrogens with zero attached hydrogens (tertiary/aromatic N) is 1. The lowest BCUT2D eigenvalue weighted by Gasteiger charge is -2.15. The lowest BCUT2D eigenvalue weighted by molar-refractivity contribution is -0.123. The molecule has 1 heterocycles. The highest BCUT2D eigenvalue weighted by molar-refractivity contribution is 8.18. The number of carbonyl (C=O) groups is 3. The zero-order chi connectivity index (χ0) is 27.2. The van der Waals surface area contributed by atoms with Crippen LogP contribution in [0.3, 0.4) is 0 Å². The molecule has 7 nitrogen and oxygen atoms in total. The standard InChI is InChI=1S/C29H27ClN2O5S/c1-18(2)21-9-5-7-11-23(21)31-27(33)17-37-24-13-12-19(14-25(24)36-3)15-26-28(34)32(29(35)38-26)16-20-8-4-6-10-22(20)30/h4-15,18H,16-17H2,1-3H3,(H,31,33)/b26-15-. The maximum atomic E-state index is 12.9. The molecular formula is C29H27ClN2O5S. The van der Waals surface area contributed by atoms with Crippen molar-refractivity contribution in [3.8, 4) is 11.5 Å². The number of halogens is 1. The Morgan fingerprint density at radius 3 is 2.53 bits per heavy atom. The highest BCUT2D eigenvalue weighted by Gasteiger charge is 2.35. The fourth-order valence-electron chi connectivity index (χ4n) is 3.92. The number of imide groups is 1. The fraction of sp³-hybridized carbons (Fsp3) is 0.207. The molecule has 0 saturated carbocycles. The molecule has 1 saturated heterocycles. The van der Waals surface area contributed by atoms with Crippen LogP contribution in [-0.2, 0) is 16.1 Å². The van der Waals surface area contributed by atoms with E-state index >= 15 is 0 Å². The highest BCUT2D eigenvalue weighted by Crippen LogP contribution is 2.36. The van der Waals surface area contributed by atoms with Crippen LogP contribution < -0.4 is 14.8 Å². The quantitative estimate of drug-likeness (QED) is 0.297. The number of methoxy groups -OCH3 is 1. The lowest BCUT2D eigenvalue weighted by atomic mass is 10.0. The lowest BCUT2D eigenvalue weighted by Crippen LogP contribution is -2.27. The van der Waals surface area contributed by atoms with Crippen molar-refractivity contribution in [3.05, 3.63) is 93.3 Å². The number of hydrogen-bond donors (Lipinski definition) is 1. The molecule has 0 unspecified atom stereocenters. The van der Waals surface area contributed by atoms with Gasteiger partial charge in [-0.1, -0.05) is 67.9 Å². The van der Waals surface area contributed by atoms with Gasteiger partial charge in [0.15, 0.2) is 18.1 Å². The second-order valence-corrected chi connectivity index (χ2v) is 10.2. The Morgan fingerprint density at radius 1 is 1.05 bits per heavy atom. The molecule has 4 rings (SSSR count). The maximum Gasteiger partial charge on any atom is 0.293 e. The SMILES string of the molecule is COc1cc(/C=C2\SC(=O)N(Cc3ccccc3Cl)C2=O)ccc1OCC(=O)Nc1ccccc1C(C)C. The number of rotatable bonds is 9. The Morgan fingerprint density at radius 2 is 1.79 bits per heavy atom. The van der Waals surface area contributed by atoms with Crippen LogP contribution in [0.1, 0.15) is 36.5 Å². The van der Waals surface area contributed by atoms with Gasteiger partial charge in [-0.25, -0.2) is 0 Å². The Labute approximate surface area is 230 Å². The zero-order valence-electron chi connectivity index (χ0n) is 21.2. The number of carbonyl (C=O) groups excluding carboxylic acids is 3. The summed E-state index contributed by atoms with van der Waals surface area (Å²) in [5, 5.41) is 3.03. The van der Waals surface area contributed by atoms with Gasteiger partial charge in [-0.2, -0.15) is 0 Å². The largest absolute Gasteiger partial charge is 0.493 e. The smallest absolute Gasteiger partial charge is 0.293 e. The number of thioether (sulfide) groups is 1. The molecule has 196 valence electrons. The average molecular weight is 551 g/mol. The topological polar surface area (TPSA) is 84.9 Å². The molecule has 0 atom stereocenters. The monoisotopic (exact) mass is 550 g/mol. The zero-order valence-corrected chi connectivity index (χ0v) is 22.8. The molecular weight excluding hydrogens is 524 g/mol. The Balaban J connectivity index is 1.43. The molecule has 3 amide bonds. The summed E-state index contributed by atoms with van der Waals surface area (Å²) in [5.74, 6) is 0.347. The van der Waals surface area contributed by atoms with Crippen molar-refractivity contribution in [1.29, 1.82) is 0 Å². The minimum atomic E-state index is -0.391. The van der Waals surface area contributed by atoms with Gasteiger partial charge in [0.1, 0.15) is 0 Å². The molecule has 1 N–H and O–H groups in total. The molecule has 1 fully saturated rings. The third-order valence-electron chi connectivity index (χ3n) is 5.86. The Bertz CT molecular complexity index is 1410. The summed E-state index contributed by atoms with van der Waals surface area (Å²) in [6.45, 7) is 4.02. The average Bonchev–Trinajstić information content (AvgIpc) is 3.16. The van der Waals surface area contributed by atoms with Gasteiger partial charge in [-0.05, 0) is 64.7 Å². The number of ether oxygens (including phenoxy) is 2. The molecule has 1 aliphatic rings. The van der Waals surface area contributed by atoms with Crippen molar-refractivity contribution in [2.24, 2.45) is 0 Å². The van der Waals surface area contributed by atoms with Crippen LogP contribution in [0.15, 0.2) is 71.6 Å². The molecule has 3 aromatic carbocycles. The van der Waals surface area contributed by atoms with Gasteiger partial charge in [0.25, 0.3) is 17.1 Å². The third kappa shape index (κ3) is 6.38. The van der Waals surface area contributed by atoms with Gasteiger partial charge < -0.3 is 14.8 Å². The van der Waals surface area contributed by atoms with Crippen LogP contribution in [0.2, 0.25) is 5.02 Å². The fourth-order valence-corrected chi connectivity index (χ4v) is 4.96. The second kappa shape index (κ2) is 12.2. The van der Waals surface area contributed by atoms with Crippen molar-refractivity contribution in [2.45, 2.75) is 26.3 Å². The number of amides is 3. The van der Waals surface area contributed by atoms with Gasteiger partial charge in [0.2, 0.25) is 0 Å². The van der Waals surface area contributed by atoms with Crippen LogP contribution in [0.4, 0.5) is 10.5 Å². The molecule has 0 bridgehead atoms. The summed E-state index contributed by atoms with van der Waals surface area (Å²) in [4.78, 5) is 39.4. The van der Waals surface area contributed by atoms with Crippen molar-refractivity contribution < 1.29 is 23.9 Å². The third-order valence-corrected chi connectivity index (χ3v) is 7.14. The number of benzene rings is 3. The summed E-state index contributed by atoms with van der Waals surface area (Å²) < 4.78 is 11.2. The predicted molar refractivity (Wildman–Crippen MR) is 151 cm³/mol. The molecule has 3 aromatic rings. The minimum Gasteiger partial charge on any atom is -0.493 e. The van der Waals surface area contributed by atoms with Gasteiger partial charge in [-0.3, -0.25) is 19.3 Å². The van der Waals surface area contributed by atoms with Crippen molar-refractivity contribution in [3.63, 3.8) is 0 Å². The molecule has 0 aliphatic carbocycles. The van der Waals surface area contributed by atoms with Crippen molar-refractivity contribution in [1.82, 2.24) is 4.90 Å². The maximum absolute atomic E-state index is 12.9. The van der Waals surface area contributed by atoms with Crippen molar-refractivity contribution in [2.75, 3.05) is 19.0 Å². The molecule has 1 aliphatic heterocycles. The van der Waals surface area contributed by atoms with E-state index in [4.69, 9.17) is 21.1 Å². The number of anilines is 1. The second-order valence-electron chi connectivity index (χ2n) is 8.85. The first-order chi connectivity index (χ1) is 18.3. The van der Waals surface area contributed by atoms with Crippen LogP contribution in [-0.4, -0.2) is 35.7 Å². The van der Waals surface area contributed by atoms with Crippen LogP contribution >= 0.6 is 23.4 Å². The molecule has 0 aromatic heterocycles. The molecule has 9 heteroatoms. The Kier molecular flexibility index (Phi) is 8.76. The first-order valence-corrected chi connectivity index (χ1v) is 13.1. The predicted octanol–water partition coefficient (Wildman–Crippen LogP) is 6.73. The van der Waals surface area contributed by atoms with Crippen LogP contribution in [0, 0.1) is 0 Å². The first-order valence-electron chi connectivity index (χ1n) is 11.9. The summed E-state index contributed by atoms with van der Waals surface area (Å²) in [6.07, 6.45) is 1.62. The normalized spacial score (nSPS) is 14.3. The van der Waals surface area contributed by atoms with E-state index in [9.17, 15) is 14.4 Å². The van der Waals surface area contributed by atoms with Crippen LogP contribution in [0.5, 0.6) is 11.5 Å². The van der Waals surface area contributed by atoms with E-state index in [0.717, 1.165) is 23.0 Å². The van der Waals surface area contributed by atoms with Gasteiger partial charge >= 0.3 is 0 Å². The number of nitrogens with one attached hydrogen (secondary N) is 1. The molecule has 38 heavy (non-hydrogen) atoms. The summed E-state index contributed by atoms with van der Waals surface area (Å²) >= 11 is 7.06. The van der Waals surface area contributed by atoms with Gasteiger partial charge in [-0.15, -0.1) is 0 Å². The Hall–Kier alpha value is -3.75. The minimum absolute atomic E-state index is 0.0987. The number of hydrogen-bond acceptors (Lipinski definition) is 6. The van der Waals surface area contributed by atoms with E-state index in [1.165, 1.54) is 12.0 Å². The molecule has 0 radical (unpaired) electrons. The van der Waals surface area contributed by atoms with Crippen molar-refractivity contribution >= 4 is 52.2 Å². The summed E-state index contributed by atoms with van der Waals surface area (Å²) in [7, 11) is 1.49. The summed E-state index contributed by atoms with van der Waals surface area (Å²) in [5.41, 5.74) is 3.13. The summed E-state index contributed by atoms with van der Waals surface area (Å²) in [6, 6.07) is 19.8. The van der Waals surface area contributed by atoms with Crippen LogP contribution in [0.25, 0.3) is 6.08 Å². The number of para-hydroxylation sites is 1. The van der Waals surface area contributed by atoms with E-state index in [1.54, 1.807) is 48.5 Å². The van der Waals surface area contributed by atoms with E-state index in [0.29, 0.717) is 32.6 Å². The van der Waals surface area contributed by atoms with E-state index < -0.39 is 5.91 Å². The van der Waals surface area contributed by atoms with Gasteiger partial charge in [0.05, 0.1) is 18.6 Å². The molecule has 0 spiro atoms. The first kappa shape index (κ1) is 27.3.